The van der Waals surface area contributed by atoms with Gasteiger partial charge >= 0.3 is 0 Å². The van der Waals surface area contributed by atoms with Gasteiger partial charge in [-0.25, -0.2) is 0 Å². The molecule has 0 aromatic carbocycles. The van der Waals surface area contributed by atoms with Crippen molar-refractivity contribution in [1.29, 1.82) is 0 Å². The van der Waals surface area contributed by atoms with Crippen molar-refractivity contribution in [2.24, 2.45) is 12.9 Å². The summed E-state index contributed by atoms with van der Waals surface area (Å²) in [5.41, 5.74) is 4.65. The Bertz CT molecular complexity index is 321. The minimum atomic E-state index is -0.0174. The molecule has 1 unspecified atom stereocenters. The van der Waals surface area contributed by atoms with Crippen LogP contribution in [0.5, 0.6) is 0 Å². The van der Waals surface area contributed by atoms with Gasteiger partial charge in [-0.15, -0.1) is 12.3 Å². The van der Waals surface area contributed by atoms with Crippen LogP contribution in [0.4, 0.5) is 0 Å². The van der Waals surface area contributed by atoms with Gasteiger partial charge in [-0.1, -0.05) is 0 Å². The highest BCUT2D eigenvalue weighted by Gasteiger charge is 2.12. The molecule has 70 valence electrons. The molecule has 0 aliphatic rings. The maximum atomic E-state index is 5.38. The molecule has 0 saturated heterocycles. The molecule has 13 heavy (non-hydrogen) atoms. The van der Waals surface area contributed by atoms with E-state index in [2.05, 4.69) is 16.4 Å². The Balaban J connectivity index is 2.91. The van der Waals surface area contributed by atoms with Gasteiger partial charge in [0.25, 0.3) is 0 Å². The first kappa shape index (κ1) is 9.78. The zero-order chi connectivity index (χ0) is 9.84. The van der Waals surface area contributed by atoms with E-state index < -0.39 is 0 Å². The SMILES string of the molecule is C#CCC(NN)c1cc(C)nn1C. The molecule has 1 aromatic rings. The highest BCUT2D eigenvalue weighted by molar-refractivity contribution is 5.14. The number of nitrogens with two attached hydrogens (primary N) is 1. The summed E-state index contributed by atoms with van der Waals surface area (Å²) in [7, 11) is 1.88. The van der Waals surface area contributed by atoms with E-state index in [1.165, 1.54) is 0 Å². The van der Waals surface area contributed by atoms with Crippen LogP contribution in [-0.2, 0) is 7.05 Å². The van der Waals surface area contributed by atoms with Gasteiger partial charge < -0.3 is 0 Å². The Morgan fingerprint density at radius 1 is 1.85 bits per heavy atom. The molecule has 1 aromatic heterocycles. The van der Waals surface area contributed by atoms with Crippen molar-refractivity contribution in [2.75, 3.05) is 0 Å². The molecule has 1 heterocycles. The second kappa shape index (κ2) is 4.08. The molecule has 0 spiro atoms. The molecular formula is C9H14N4. The van der Waals surface area contributed by atoms with Crippen LogP contribution in [0, 0.1) is 19.3 Å². The van der Waals surface area contributed by atoms with Crippen LogP contribution in [-0.4, -0.2) is 9.78 Å². The molecule has 0 radical (unpaired) electrons. The third-order valence-electron chi connectivity index (χ3n) is 1.92. The topological polar surface area (TPSA) is 55.9 Å². The molecular weight excluding hydrogens is 164 g/mol. The first-order valence-electron chi connectivity index (χ1n) is 4.09. The quantitative estimate of drug-likeness (QED) is 0.396. The van der Waals surface area contributed by atoms with Gasteiger partial charge in [-0.05, 0) is 13.0 Å². The Morgan fingerprint density at radius 2 is 2.54 bits per heavy atom. The molecule has 1 atom stereocenters. The number of hydrazine groups is 1. The molecule has 4 nitrogen and oxygen atoms in total. The van der Waals surface area contributed by atoms with Crippen LogP contribution in [0.1, 0.15) is 23.9 Å². The van der Waals surface area contributed by atoms with Crippen LogP contribution in [0.3, 0.4) is 0 Å². The van der Waals surface area contributed by atoms with Crippen molar-refractivity contribution in [3.63, 3.8) is 0 Å². The normalized spacial score (nSPS) is 12.5. The second-order valence-corrected chi connectivity index (χ2v) is 2.96. The van der Waals surface area contributed by atoms with E-state index in [0.29, 0.717) is 6.42 Å². The first-order chi connectivity index (χ1) is 6.19. The highest BCUT2D eigenvalue weighted by Crippen LogP contribution is 2.15. The summed E-state index contributed by atoms with van der Waals surface area (Å²) in [6.45, 7) is 1.94. The van der Waals surface area contributed by atoms with E-state index in [-0.39, 0.29) is 6.04 Å². The van der Waals surface area contributed by atoms with Gasteiger partial charge in [0.1, 0.15) is 0 Å². The standard InChI is InChI=1S/C9H14N4/c1-4-5-8(11-10)9-6-7(2)12-13(9)3/h1,6,8,11H,5,10H2,2-3H3. The Labute approximate surface area is 78.1 Å². The van der Waals surface area contributed by atoms with Crippen LogP contribution in [0.25, 0.3) is 0 Å². The van der Waals surface area contributed by atoms with Gasteiger partial charge in [0.15, 0.2) is 0 Å². The number of aromatic nitrogens is 2. The highest BCUT2D eigenvalue weighted by atomic mass is 15.3. The van der Waals surface area contributed by atoms with Crippen LogP contribution in [0.2, 0.25) is 0 Å². The predicted molar refractivity (Wildman–Crippen MR) is 51.5 cm³/mol. The zero-order valence-corrected chi connectivity index (χ0v) is 7.91. The Kier molecular flexibility index (Phi) is 3.07. The molecule has 1 rings (SSSR count). The number of hydrogen-bond acceptors (Lipinski definition) is 3. The minimum Gasteiger partial charge on any atom is -0.271 e. The fraction of sp³-hybridized carbons (Fsp3) is 0.444. The van der Waals surface area contributed by atoms with Gasteiger partial charge in [0.2, 0.25) is 0 Å². The summed E-state index contributed by atoms with van der Waals surface area (Å²) in [6, 6.07) is 1.96. The van der Waals surface area contributed by atoms with Crippen LogP contribution in [0.15, 0.2) is 6.07 Å². The van der Waals surface area contributed by atoms with Crippen molar-refractivity contribution in [3.8, 4) is 12.3 Å². The van der Waals surface area contributed by atoms with Crippen molar-refractivity contribution in [3.05, 3.63) is 17.5 Å². The lowest BCUT2D eigenvalue weighted by Crippen LogP contribution is -2.29. The molecule has 4 heteroatoms. The number of rotatable bonds is 3. The summed E-state index contributed by atoms with van der Waals surface area (Å²) in [6.07, 6.45) is 5.79. The van der Waals surface area contributed by atoms with Crippen molar-refractivity contribution in [2.45, 2.75) is 19.4 Å². The van der Waals surface area contributed by atoms with E-state index in [0.717, 1.165) is 11.4 Å². The van der Waals surface area contributed by atoms with E-state index in [1.54, 1.807) is 4.68 Å². The minimum absolute atomic E-state index is 0.0174. The molecule has 0 bridgehead atoms. The average molecular weight is 178 g/mol. The Hall–Kier alpha value is -1.31. The maximum Gasteiger partial charge on any atom is 0.0737 e. The third-order valence-corrected chi connectivity index (χ3v) is 1.92. The number of nitrogens with one attached hydrogen (secondary N) is 1. The second-order valence-electron chi connectivity index (χ2n) is 2.96. The molecule has 0 amide bonds. The monoisotopic (exact) mass is 178 g/mol. The van der Waals surface area contributed by atoms with Crippen molar-refractivity contribution < 1.29 is 0 Å². The lowest BCUT2D eigenvalue weighted by Gasteiger charge is -2.12. The Morgan fingerprint density at radius 3 is 2.92 bits per heavy atom. The zero-order valence-electron chi connectivity index (χ0n) is 7.91. The molecule has 0 aliphatic carbocycles. The van der Waals surface area contributed by atoms with Gasteiger partial charge in [-0.3, -0.25) is 16.0 Å². The summed E-state index contributed by atoms with van der Waals surface area (Å²) in [5, 5.41) is 4.21. The third kappa shape index (κ3) is 2.08. The van der Waals surface area contributed by atoms with Crippen molar-refractivity contribution >= 4 is 0 Å². The average Bonchev–Trinajstić information content (AvgIpc) is 2.41. The molecule has 3 N–H and O–H groups in total. The van der Waals surface area contributed by atoms with E-state index in [4.69, 9.17) is 12.3 Å². The summed E-state index contributed by atoms with van der Waals surface area (Å²) < 4.78 is 1.79. The number of terminal acetylenes is 1. The molecule has 0 fully saturated rings. The fourth-order valence-electron chi connectivity index (χ4n) is 1.32. The van der Waals surface area contributed by atoms with E-state index >= 15 is 0 Å². The number of nitrogens with zero attached hydrogens (tertiary/aromatic N) is 2. The largest absolute Gasteiger partial charge is 0.271 e. The number of aryl methyl sites for hydroxylation is 2. The maximum absolute atomic E-state index is 5.38. The summed E-state index contributed by atoms with van der Waals surface area (Å²) >= 11 is 0. The smallest absolute Gasteiger partial charge is 0.0737 e. The van der Waals surface area contributed by atoms with E-state index in [9.17, 15) is 0 Å². The first-order valence-corrected chi connectivity index (χ1v) is 4.09. The van der Waals surface area contributed by atoms with Crippen LogP contribution < -0.4 is 11.3 Å². The predicted octanol–water partition coefficient (Wildman–Crippen LogP) is 0.256. The van der Waals surface area contributed by atoms with Gasteiger partial charge in [0.05, 0.1) is 17.4 Å². The summed E-state index contributed by atoms with van der Waals surface area (Å²) in [4.78, 5) is 0. The number of hydrogen-bond donors (Lipinski definition) is 2. The van der Waals surface area contributed by atoms with Crippen LogP contribution >= 0.6 is 0 Å². The van der Waals surface area contributed by atoms with Gasteiger partial charge in [0, 0.05) is 13.5 Å². The van der Waals surface area contributed by atoms with Crippen molar-refractivity contribution in [1.82, 2.24) is 15.2 Å². The summed E-state index contributed by atoms with van der Waals surface area (Å²) in [5.74, 6) is 7.95. The molecule has 0 saturated carbocycles. The lowest BCUT2D eigenvalue weighted by molar-refractivity contribution is 0.521. The lowest BCUT2D eigenvalue weighted by atomic mass is 10.1. The molecule has 0 aliphatic heterocycles. The fourth-order valence-corrected chi connectivity index (χ4v) is 1.32. The van der Waals surface area contributed by atoms with E-state index in [1.807, 2.05) is 20.0 Å². The van der Waals surface area contributed by atoms with Gasteiger partial charge in [-0.2, -0.15) is 5.10 Å².